The number of hydrogen-bond acceptors (Lipinski definition) is 3. The second-order valence-electron chi connectivity index (χ2n) is 5.28. The summed E-state index contributed by atoms with van der Waals surface area (Å²) in [5.74, 6) is -0.588. The standard InChI is InChI=1S/C16H14BrFN2O2/c1-9(21)16-13(8-15(22)20-6-2-3-14(16)20)19-12-5-4-10(17)7-11(12)18/h4-5,7-8,19H,2-3,6H2,1H3. The summed E-state index contributed by atoms with van der Waals surface area (Å²) in [6.07, 6.45) is 1.52. The molecule has 0 aliphatic carbocycles. The summed E-state index contributed by atoms with van der Waals surface area (Å²) in [5.41, 5.74) is 1.64. The number of benzene rings is 1. The number of nitrogens with zero attached hydrogens (tertiary/aromatic N) is 1. The third-order valence-electron chi connectivity index (χ3n) is 3.77. The molecule has 0 atom stereocenters. The molecule has 0 spiro atoms. The summed E-state index contributed by atoms with van der Waals surface area (Å²) in [7, 11) is 0. The molecule has 2 aromatic rings. The molecule has 0 amide bonds. The third-order valence-corrected chi connectivity index (χ3v) is 4.26. The van der Waals surface area contributed by atoms with Gasteiger partial charge in [0.25, 0.3) is 5.56 Å². The first-order chi connectivity index (χ1) is 10.5. The van der Waals surface area contributed by atoms with Crippen molar-refractivity contribution in [3.63, 3.8) is 0 Å². The van der Waals surface area contributed by atoms with E-state index in [4.69, 9.17) is 0 Å². The molecule has 1 aromatic carbocycles. The van der Waals surface area contributed by atoms with Gasteiger partial charge in [-0.1, -0.05) is 15.9 Å². The Morgan fingerprint density at radius 3 is 2.77 bits per heavy atom. The van der Waals surface area contributed by atoms with Crippen LogP contribution in [0, 0.1) is 5.82 Å². The molecule has 6 heteroatoms. The van der Waals surface area contributed by atoms with Crippen LogP contribution in [0.2, 0.25) is 0 Å². The summed E-state index contributed by atoms with van der Waals surface area (Å²) >= 11 is 3.20. The van der Waals surface area contributed by atoms with E-state index in [-0.39, 0.29) is 17.0 Å². The molecule has 114 valence electrons. The maximum absolute atomic E-state index is 14.0. The van der Waals surface area contributed by atoms with E-state index in [1.165, 1.54) is 19.1 Å². The van der Waals surface area contributed by atoms with E-state index in [0.717, 1.165) is 12.1 Å². The molecule has 4 nitrogen and oxygen atoms in total. The van der Waals surface area contributed by atoms with Gasteiger partial charge in [0.15, 0.2) is 5.78 Å². The lowest BCUT2D eigenvalue weighted by atomic mass is 10.1. The number of rotatable bonds is 3. The van der Waals surface area contributed by atoms with Crippen molar-refractivity contribution in [3.8, 4) is 0 Å². The molecule has 1 aliphatic rings. The van der Waals surface area contributed by atoms with E-state index in [0.29, 0.717) is 28.7 Å². The van der Waals surface area contributed by atoms with Crippen LogP contribution in [-0.2, 0) is 13.0 Å². The van der Waals surface area contributed by atoms with E-state index in [1.54, 1.807) is 16.7 Å². The first kappa shape index (κ1) is 15.0. The normalized spacial score (nSPS) is 13.0. The van der Waals surface area contributed by atoms with Crippen LogP contribution in [0.15, 0.2) is 33.5 Å². The summed E-state index contributed by atoms with van der Waals surface area (Å²) in [6, 6.07) is 5.95. The van der Waals surface area contributed by atoms with Gasteiger partial charge >= 0.3 is 0 Å². The molecule has 0 saturated carbocycles. The minimum atomic E-state index is -0.454. The van der Waals surface area contributed by atoms with Gasteiger partial charge in [-0.05, 0) is 38.0 Å². The van der Waals surface area contributed by atoms with Gasteiger partial charge < -0.3 is 9.88 Å². The molecule has 1 N–H and O–H groups in total. The van der Waals surface area contributed by atoms with Crippen LogP contribution in [0.4, 0.5) is 15.8 Å². The predicted octanol–water partition coefficient (Wildman–Crippen LogP) is 3.64. The lowest BCUT2D eigenvalue weighted by molar-refractivity contribution is 0.101. The van der Waals surface area contributed by atoms with Crippen LogP contribution in [-0.4, -0.2) is 10.4 Å². The van der Waals surface area contributed by atoms with Gasteiger partial charge in [-0.15, -0.1) is 0 Å². The van der Waals surface area contributed by atoms with Gasteiger partial charge in [0, 0.05) is 22.8 Å². The molecular formula is C16H14BrFN2O2. The number of Topliss-reactive ketones (excluding diaryl/α,β-unsaturated/α-hetero) is 1. The summed E-state index contributed by atoms with van der Waals surface area (Å²) in [5, 5.41) is 2.89. The minimum absolute atomic E-state index is 0.134. The first-order valence-corrected chi connectivity index (χ1v) is 7.76. The minimum Gasteiger partial charge on any atom is -0.352 e. The van der Waals surface area contributed by atoms with Crippen LogP contribution in [0.1, 0.15) is 29.4 Å². The Balaban J connectivity index is 2.13. The van der Waals surface area contributed by atoms with E-state index in [1.807, 2.05) is 0 Å². The zero-order valence-electron chi connectivity index (χ0n) is 12.0. The summed E-state index contributed by atoms with van der Waals surface area (Å²) in [4.78, 5) is 24.2. The number of carbonyl (C=O) groups excluding carboxylic acids is 1. The Morgan fingerprint density at radius 2 is 2.09 bits per heavy atom. The second kappa shape index (κ2) is 5.68. The molecule has 1 aliphatic heterocycles. The van der Waals surface area contributed by atoms with Crippen molar-refractivity contribution in [2.45, 2.75) is 26.3 Å². The third kappa shape index (κ3) is 2.59. The largest absolute Gasteiger partial charge is 0.352 e. The Labute approximate surface area is 135 Å². The highest BCUT2D eigenvalue weighted by atomic mass is 79.9. The number of hydrogen-bond donors (Lipinski definition) is 1. The number of ketones is 1. The predicted molar refractivity (Wildman–Crippen MR) is 86.4 cm³/mol. The number of anilines is 2. The van der Waals surface area contributed by atoms with Crippen LogP contribution in [0.3, 0.4) is 0 Å². The van der Waals surface area contributed by atoms with Crippen LogP contribution in [0.25, 0.3) is 0 Å². The SMILES string of the molecule is CC(=O)c1c(Nc2ccc(Br)cc2F)cc(=O)n2c1CCC2. The van der Waals surface area contributed by atoms with Crippen molar-refractivity contribution in [1.82, 2.24) is 4.57 Å². The number of halogens is 2. The van der Waals surface area contributed by atoms with E-state index >= 15 is 0 Å². The van der Waals surface area contributed by atoms with Gasteiger partial charge in [-0.25, -0.2) is 4.39 Å². The fourth-order valence-electron chi connectivity index (χ4n) is 2.83. The van der Waals surface area contributed by atoms with Crippen LogP contribution in [0.5, 0.6) is 0 Å². The number of nitrogens with one attached hydrogen (secondary N) is 1. The smallest absolute Gasteiger partial charge is 0.252 e. The Bertz CT molecular complexity index is 830. The van der Waals surface area contributed by atoms with Crippen molar-refractivity contribution in [2.75, 3.05) is 5.32 Å². The molecule has 22 heavy (non-hydrogen) atoms. The average molecular weight is 365 g/mol. The summed E-state index contributed by atoms with van der Waals surface area (Å²) in [6.45, 7) is 2.09. The fraction of sp³-hybridized carbons (Fsp3) is 0.250. The highest BCUT2D eigenvalue weighted by Gasteiger charge is 2.22. The average Bonchev–Trinajstić information content (AvgIpc) is 2.91. The molecule has 0 bridgehead atoms. The lowest BCUT2D eigenvalue weighted by Gasteiger charge is -2.15. The van der Waals surface area contributed by atoms with Gasteiger partial charge in [-0.3, -0.25) is 9.59 Å². The highest BCUT2D eigenvalue weighted by Crippen LogP contribution is 2.28. The van der Waals surface area contributed by atoms with Gasteiger partial charge in [0.05, 0.1) is 16.9 Å². The van der Waals surface area contributed by atoms with E-state index < -0.39 is 5.82 Å². The molecule has 1 aromatic heterocycles. The summed E-state index contributed by atoms with van der Waals surface area (Å²) < 4.78 is 16.2. The van der Waals surface area contributed by atoms with Crippen LogP contribution >= 0.6 is 15.9 Å². The molecule has 0 saturated heterocycles. The molecule has 0 fully saturated rings. The topological polar surface area (TPSA) is 51.1 Å². The molecule has 2 heterocycles. The Kier molecular flexibility index (Phi) is 3.87. The zero-order valence-corrected chi connectivity index (χ0v) is 13.5. The number of pyridine rings is 1. The van der Waals surface area contributed by atoms with E-state index in [2.05, 4.69) is 21.2 Å². The van der Waals surface area contributed by atoms with E-state index in [9.17, 15) is 14.0 Å². The fourth-order valence-corrected chi connectivity index (χ4v) is 3.17. The quantitative estimate of drug-likeness (QED) is 0.845. The lowest BCUT2D eigenvalue weighted by Crippen LogP contribution is -2.22. The molecule has 3 rings (SSSR count). The first-order valence-electron chi connectivity index (χ1n) is 6.97. The second-order valence-corrected chi connectivity index (χ2v) is 6.19. The zero-order chi connectivity index (χ0) is 15.9. The van der Waals surface area contributed by atoms with Crippen molar-refractivity contribution < 1.29 is 9.18 Å². The number of carbonyl (C=O) groups is 1. The van der Waals surface area contributed by atoms with Crippen molar-refractivity contribution in [1.29, 1.82) is 0 Å². The Morgan fingerprint density at radius 1 is 1.32 bits per heavy atom. The van der Waals surface area contributed by atoms with Crippen LogP contribution < -0.4 is 10.9 Å². The molecular weight excluding hydrogens is 351 g/mol. The maximum Gasteiger partial charge on any atom is 0.252 e. The monoisotopic (exact) mass is 364 g/mol. The number of aromatic nitrogens is 1. The highest BCUT2D eigenvalue weighted by molar-refractivity contribution is 9.10. The molecule has 0 unspecified atom stereocenters. The Hall–Kier alpha value is -1.95. The van der Waals surface area contributed by atoms with Crippen molar-refractivity contribution in [2.24, 2.45) is 0 Å². The maximum atomic E-state index is 14.0. The van der Waals surface area contributed by atoms with Gasteiger partial charge in [0.1, 0.15) is 5.82 Å². The van der Waals surface area contributed by atoms with Gasteiger partial charge in [0.2, 0.25) is 0 Å². The van der Waals surface area contributed by atoms with Crippen molar-refractivity contribution >= 4 is 33.1 Å². The van der Waals surface area contributed by atoms with Crippen molar-refractivity contribution in [3.05, 3.63) is 56.2 Å². The van der Waals surface area contributed by atoms with Gasteiger partial charge in [-0.2, -0.15) is 0 Å². The molecule has 0 radical (unpaired) electrons. The number of fused-ring (bicyclic) bond motifs is 1.